The molecule has 1 aliphatic carbocycles. The highest BCUT2D eigenvalue weighted by molar-refractivity contribution is 7.86. The van der Waals surface area contributed by atoms with E-state index >= 15 is 0 Å². The third kappa shape index (κ3) is 2.58. The minimum Gasteiger partial charge on any atom is -0.269 e. The van der Waals surface area contributed by atoms with Crippen LogP contribution in [0.3, 0.4) is 0 Å². The zero-order valence-electron chi connectivity index (χ0n) is 12.2. The fraction of sp³-hybridized carbons (Fsp3) is 0.188. The Kier molecular flexibility index (Phi) is 3.32. The largest absolute Gasteiger partial charge is 0.269 e. The van der Waals surface area contributed by atoms with Crippen LogP contribution >= 0.6 is 0 Å². The van der Waals surface area contributed by atoms with Gasteiger partial charge in [-0.1, -0.05) is 0 Å². The summed E-state index contributed by atoms with van der Waals surface area (Å²) in [5.41, 5.74) is 1.40. The second-order valence-electron chi connectivity index (χ2n) is 5.39. The van der Waals surface area contributed by atoms with E-state index in [0.29, 0.717) is 11.4 Å². The Balaban J connectivity index is 1.71. The molecule has 0 N–H and O–H groups in total. The molecule has 114 valence electrons. The van der Waals surface area contributed by atoms with E-state index in [-0.39, 0.29) is 6.04 Å². The van der Waals surface area contributed by atoms with Gasteiger partial charge in [-0.3, -0.25) is 4.31 Å². The van der Waals surface area contributed by atoms with Crippen LogP contribution in [0.1, 0.15) is 18.4 Å². The van der Waals surface area contributed by atoms with Crippen LogP contribution < -0.4 is 4.31 Å². The van der Waals surface area contributed by atoms with Crippen molar-refractivity contribution in [2.75, 3.05) is 4.31 Å². The van der Waals surface area contributed by atoms with E-state index in [9.17, 15) is 4.21 Å². The SMILES string of the molecule is N#Cc1ccc(N(C2CC2)S(=O)c2ccn3nccc3c2)nc1. The third-order valence-electron chi connectivity index (χ3n) is 3.73. The Morgan fingerprint density at radius 2 is 2.17 bits per heavy atom. The van der Waals surface area contributed by atoms with E-state index in [0.717, 1.165) is 23.3 Å². The van der Waals surface area contributed by atoms with Gasteiger partial charge in [-0.2, -0.15) is 10.4 Å². The quantitative estimate of drug-likeness (QED) is 0.738. The van der Waals surface area contributed by atoms with Crippen LogP contribution in [0.2, 0.25) is 0 Å². The molecule has 1 fully saturated rings. The molecule has 0 radical (unpaired) electrons. The highest BCUT2D eigenvalue weighted by atomic mass is 32.2. The summed E-state index contributed by atoms with van der Waals surface area (Å²) in [6, 6.07) is 11.3. The number of anilines is 1. The first-order valence-corrected chi connectivity index (χ1v) is 8.37. The second kappa shape index (κ2) is 5.48. The molecule has 1 unspecified atom stereocenters. The average molecular weight is 323 g/mol. The van der Waals surface area contributed by atoms with Crippen LogP contribution in [-0.4, -0.2) is 24.8 Å². The fourth-order valence-electron chi connectivity index (χ4n) is 2.42. The van der Waals surface area contributed by atoms with Crippen molar-refractivity contribution in [3.05, 3.63) is 54.5 Å². The van der Waals surface area contributed by atoms with Crippen molar-refractivity contribution in [3.8, 4) is 6.07 Å². The molecule has 3 aromatic heterocycles. The molecule has 0 bridgehead atoms. The van der Waals surface area contributed by atoms with E-state index in [4.69, 9.17) is 5.26 Å². The van der Waals surface area contributed by atoms with Crippen LogP contribution in [0.15, 0.2) is 53.8 Å². The summed E-state index contributed by atoms with van der Waals surface area (Å²) in [6.45, 7) is 0. The number of hydrogen-bond donors (Lipinski definition) is 0. The molecular weight excluding hydrogens is 310 g/mol. The summed E-state index contributed by atoms with van der Waals surface area (Å²) in [4.78, 5) is 5.02. The number of nitrogens with zero attached hydrogens (tertiary/aromatic N) is 5. The number of nitriles is 1. The smallest absolute Gasteiger partial charge is 0.154 e. The standard InChI is InChI=1S/C16H13N5OS/c17-10-12-1-4-16(18-11-12)21(13-2-3-13)23(22)15-6-8-20-14(9-15)5-7-19-20/h1,4-9,11,13H,2-3H2. The number of hydrogen-bond acceptors (Lipinski definition) is 4. The van der Waals surface area contributed by atoms with Gasteiger partial charge in [-0.05, 0) is 43.2 Å². The van der Waals surface area contributed by atoms with Crippen LogP contribution in [0.5, 0.6) is 0 Å². The van der Waals surface area contributed by atoms with Gasteiger partial charge >= 0.3 is 0 Å². The first kappa shape index (κ1) is 13.9. The summed E-state index contributed by atoms with van der Waals surface area (Å²) in [5, 5.41) is 13.0. The molecular formula is C16H13N5OS. The normalized spacial score (nSPS) is 15.3. The van der Waals surface area contributed by atoms with Gasteiger partial charge in [0.25, 0.3) is 0 Å². The van der Waals surface area contributed by atoms with Crippen LogP contribution in [0.25, 0.3) is 5.52 Å². The molecule has 0 amide bonds. The van der Waals surface area contributed by atoms with E-state index in [2.05, 4.69) is 10.1 Å². The maximum atomic E-state index is 13.0. The van der Waals surface area contributed by atoms with Crippen molar-refractivity contribution in [1.82, 2.24) is 14.6 Å². The predicted molar refractivity (Wildman–Crippen MR) is 86.1 cm³/mol. The molecule has 1 atom stereocenters. The number of fused-ring (bicyclic) bond motifs is 1. The first-order valence-electron chi connectivity index (χ1n) is 7.27. The molecule has 1 saturated carbocycles. The topological polar surface area (TPSA) is 74.3 Å². The molecule has 6 nitrogen and oxygen atoms in total. The Morgan fingerprint density at radius 1 is 1.30 bits per heavy atom. The lowest BCUT2D eigenvalue weighted by Gasteiger charge is -2.22. The van der Waals surface area contributed by atoms with Crippen LogP contribution in [0, 0.1) is 11.3 Å². The maximum Gasteiger partial charge on any atom is 0.154 e. The van der Waals surface area contributed by atoms with Crippen molar-refractivity contribution < 1.29 is 4.21 Å². The highest BCUT2D eigenvalue weighted by Gasteiger charge is 2.34. The van der Waals surface area contributed by atoms with Gasteiger partial charge in [0.15, 0.2) is 11.0 Å². The molecule has 23 heavy (non-hydrogen) atoms. The molecule has 3 aromatic rings. The fourth-order valence-corrected chi connectivity index (χ4v) is 3.81. The van der Waals surface area contributed by atoms with Gasteiger partial charge < -0.3 is 0 Å². The minimum atomic E-state index is -1.34. The lowest BCUT2D eigenvalue weighted by Crippen LogP contribution is -2.29. The van der Waals surface area contributed by atoms with Crippen molar-refractivity contribution in [2.24, 2.45) is 0 Å². The molecule has 0 aromatic carbocycles. The van der Waals surface area contributed by atoms with Crippen molar-refractivity contribution in [3.63, 3.8) is 0 Å². The summed E-state index contributed by atoms with van der Waals surface area (Å²) >= 11 is 0. The lowest BCUT2D eigenvalue weighted by atomic mass is 10.3. The molecule has 0 spiro atoms. The van der Waals surface area contributed by atoms with Gasteiger partial charge in [0, 0.05) is 24.6 Å². The number of aromatic nitrogens is 3. The van der Waals surface area contributed by atoms with Gasteiger partial charge in [0.05, 0.1) is 16.0 Å². The zero-order valence-corrected chi connectivity index (χ0v) is 13.0. The second-order valence-corrected chi connectivity index (χ2v) is 6.75. The summed E-state index contributed by atoms with van der Waals surface area (Å²) in [7, 11) is -1.34. The van der Waals surface area contributed by atoms with E-state index in [1.807, 2.05) is 28.6 Å². The molecule has 0 aliphatic heterocycles. The average Bonchev–Trinajstić information content (AvgIpc) is 3.31. The predicted octanol–water partition coefficient (Wildman–Crippen LogP) is 2.29. The number of pyridine rings is 2. The van der Waals surface area contributed by atoms with Gasteiger partial charge in [0.2, 0.25) is 0 Å². The van der Waals surface area contributed by atoms with E-state index in [1.54, 1.807) is 29.0 Å². The summed E-state index contributed by atoms with van der Waals surface area (Å²) < 4.78 is 16.6. The Bertz CT molecular complexity index is 924. The van der Waals surface area contributed by atoms with Crippen LogP contribution in [-0.2, 0) is 11.0 Å². The minimum absolute atomic E-state index is 0.234. The van der Waals surface area contributed by atoms with Gasteiger partial charge in [-0.15, -0.1) is 0 Å². The number of rotatable bonds is 4. The van der Waals surface area contributed by atoms with Crippen molar-refractivity contribution in [1.29, 1.82) is 5.26 Å². The van der Waals surface area contributed by atoms with Gasteiger partial charge in [0.1, 0.15) is 11.9 Å². The molecule has 4 rings (SSSR count). The molecule has 1 aliphatic rings. The molecule has 3 heterocycles. The van der Waals surface area contributed by atoms with E-state index in [1.165, 1.54) is 6.20 Å². The summed E-state index contributed by atoms with van der Waals surface area (Å²) in [6.07, 6.45) is 7.04. The van der Waals surface area contributed by atoms with Crippen molar-refractivity contribution >= 4 is 22.3 Å². The summed E-state index contributed by atoms with van der Waals surface area (Å²) in [5.74, 6) is 0.637. The lowest BCUT2D eigenvalue weighted by molar-refractivity contribution is 0.677. The Hall–Kier alpha value is -2.72. The third-order valence-corrected chi connectivity index (χ3v) is 5.23. The monoisotopic (exact) mass is 323 g/mol. The Labute approximate surface area is 135 Å². The first-order chi connectivity index (χ1) is 11.3. The Morgan fingerprint density at radius 3 is 2.87 bits per heavy atom. The van der Waals surface area contributed by atoms with Crippen molar-refractivity contribution in [2.45, 2.75) is 23.8 Å². The van der Waals surface area contributed by atoms with E-state index < -0.39 is 11.0 Å². The molecule has 0 saturated heterocycles. The van der Waals surface area contributed by atoms with Crippen LogP contribution in [0.4, 0.5) is 5.82 Å². The maximum absolute atomic E-state index is 13.0. The highest BCUT2D eigenvalue weighted by Crippen LogP contribution is 2.34. The van der Waals surface area contributed by atoms with Gasteiger partial charge in [-0.25, -0.2) is 13.7 Å². The zero-order chi connectivity index (χ0) is 15.8. The molecule has 7 heteroatoms.